The van der Waals surface area contributed by atoms with Crippen molar-refractivity contribution < 1.29 is 0 Å². The van der Waals surface area contributed by atoms with Crippen LogP contribution in [0.1, 0.15) is 11.1 Å². The average Bonchev–Trinajstić information content (AvgIpc) is 4.10. The molecule has 0 aliphatic carbocycles. The molecular formula is C62H40N4S. The molecule has 5 heteroatoms. The van der Waals surface area contributed by atoms with Gasteiger partial charge in [0.25, 0.3) is 0 Å². The van der Waals surface area contributed by atoms with Gasteiger partial charge in [0.2, 0.25) is 5.96 Å². The van der Waals surface area contributed by atoms with Crippen LogP contribution in [0.5, 0.6) is 0 Å². The number of benzene rings is 10. The molecule has 0 saturated carbocycles. The highest BCUT2D eigenvalue weighted by molar-refractivity contribution is 8.12. The van der Waals surface area contributed by atoms with Crippen molar-refractivity contribution in [2.45, 2.75) is 6.04 Å². The van der Waals surface area contributed by atoms with E-state index in [1.54, 1.807) is 0 Å². The fraction of sp³-hybridized carbons (Fsp3) is 0.0161. The first-order valence-electron chi connectivity index (χ1n) is 22.9. The third-order valence-corrected chi connectivity index (χ3v) is 15.0. The Balaban J connectivity index is 1.00. The van der Waals surface area contributed by atoms with Crippen LogP contribution in [0.2, 0.25) is 0 Å². The Morgan fingerprint density at radius 1 is 0.418 bits per heavy atom. The maximum absolute atomic E-state index is 5.68. The number of nitrogens with zero attached hydrogens (tertiary/aromatic N) is 3. The predicted molar refractivity (Wildman–Crippen MR) is 285 cm³/mol. The topological polar surface area (TPSA) is 34.2 Å². The minimum atomic E-state index is -0.0624. The second-order valence-corrected chi connectivity index (χ2v) is 18.6. The molecule has 1 atom stereocenters. The van der Waals surface area contributed by atoms with Crippen LogP contribution in [0.4, 0.5) is 0 Å². The largest absolute Gasteiger partial charge is 0.344 e. The summed E-state index contributed by atoms with van der Waals surface area (Å²) in [6.45, 7) is 0. The number of hydrogen-bond acceptors (Lipinski definition) is 3. The highest BCUT2D eigenvalue weighted by Crippen LogP contribution is 2.49. The smallest absolute Gasteiger partial charge is 0.209 e. The van der Waals surface area contributed by atoms with Gasteiger partial charge in [0, 0.05) is 48.0 Å². The Labute approximate surface area is 391 Å². The van der Waals surface area contributed by atoms with Crippen LogP contribution in [0, 0.1) is 0 Å². The van der Waals surface area contributed by atoms with E-state index in [1.807, 2.05) is 11.8 Å². The molecule has 1 unspecified atom stereocenters. The van der Waals surface area contributed by atoms with Gasteiger partial charge in [0.1, 0.15) is 0 Å². The average molecular weight is 873 g/mol. The molecule has 0 radical (unpaired) electrons. The summed E-state index contributed by atoms with van der Waals surface area (Å²) in [5.41, 5.74) is 13.8. The van der Waals surface area contributed by atoms with Gasteiger partial charge in [0.15, 0.2) is 0 Å². The van der Waals surface area contributed by atoms with E-state index in [0.29, 0.717) is 0 Å². The van der Waals surface area contributed by atoms with Crippen LogP contribution >= 0.6 is 11.8 Å². The zero-order valence-electron chi connectivity index (χ0n) is 36.3. The monoisotopic (exact) mass is 872 g/mol. The van der Waals surface area contributed by atoms with E-state index in [4.69, 9.17) is 4.99 Å². The number of aliphatic imine (C=N–C) groups is 1. The number of fused-ring (bicyclic) bond motifs is 11. The van der Waals surface area contributed by atoms with Crippen molar-refractivity contribution in [3.63, 3.8) is 0 Å². The van der Waals surface area contributed by atoms with Crippen LogP contribution < -0.4 is 5.32 Å². The molecule has 12 aromatic rings. The molecule has 0 amide bonds. The number of thioether (sulfide) groups is 1. The molecule has 2 aliphatic rings. The van der Waals surface area contributed by atoms with Gasteiger partial charge in [-0.05, 0) is 86.5 Å². The normalized spacial score (nSPS) is 14.9. The van der Waals surface area contributed by atoms with E-state index in [-0.39, 0.29) is 6.04 Å². The van der Waals surface area contributed by atoms with Gasteiger partial charge in [-0.25, -0.2) is 4.99 Å². The lowest BCUT2D eigenvalue weighted by atomic mass is 9.95. The van der Waals surface area contributed by atoms with Gasteiger partial charge in [0.05, 0.1) is 33.8 Å². The van der Waals surface area contributed by atoms with Crippen LogP contribution in [-0.4, -0.2) is 21.1 Å². The lowest BCUT2D eigenvalue weighted by molar-refractivity contribution is 0.835. The Hall–Kier alpha value is -8.38. The van der Waals surface area contributed by atoms with Crippen molar-refractivity contribution >= 4 is 93.5 Å². The highest BCUT2D eigenvalue weighted by atomic mass is 32.2. The Morgan fingerprint density at radius 2 is 1.03 bits per heavy atom. The number of hydrogen-bond donors (Lipinski definition) is 1. The summed E-state index contributed by atoms with van der Waals surface area (Å²) in [6.07, 6.45) is 2.38. The second-order valence-electron chi connectivity index (χ2n) is 17.5. The maximum atomic E-state index is 5.68. The van der Waals surface area contributed by atoms with Gasteiger partial charge in [-0.3, -0.25) is 4.57 Å². The molecular weight excluding hydrogens is 833 g/mol. The number of rotatable bonds is 5. The molecule has 14 rings (SSSR count). The van der Waals surface area contributed by atoms with Crippen molar-refractivity contribution in [1.82, 2.24) is 14.5 Å². The molecule has 1 N–H and O–H groups in total. The summed E-state index contributed by atoms with van der Waals surface area (Å²) in [4.78, 5) is 8.12. The van der Waals surface area contributed by atoms with Gasteiger partial charge in [-0.1, -0.05) is 200 Å². The Bertz CT molecular complexity index is 4070. The van der Waals surface area contributed by atoms with Crippen molar-refractivity contribution in [2.75, 3.05) is 0 Å². The van der Waals surface area contributed by atoms with Crippen molar-refractivity contribution in [1.29, 1.82) is 0 Å². The first-order valence-corrected chi connectivity index (χ1v) is 23.7. The highest BCUT2D eigenvalue weighted by Gasteiger charge is 2.33. The molecule has 314 valence electrons. The lowest BCUT2D eigenvalue weighted by Crippen LogP contribution is -2.40. The van der Waals surface area contributed by atoms with Crippen LogP contribution in [0.3, 0.4) is 0 Å². The lowest BCUT2D eigenvalue weighted by Gasteiger charge is -2.25. The third kappa shape index (κ3) is 5.98. The molecule has 4 nitrogen and oxygen atoms in total. The van der Waals surface area contributed by atoms with E-state index in [2.05, 4.69) is 245 Å². The van der Waals surface area contributed by atoms with E-state index in [0.717, 1.165) is 33.9 Å². The zero-order chi connectivity index (χ0) is 44.0. The summed E-state index contributed by atoms with van der Waals surface area (Å²) in [7, 11) is 0. The minimum Gasteiger partial charge on any atom is -0.344 e. The summed E-state index contributed by atoms with van der Waals surface area (Å²) >= 11 is 1.82. The van der Waals surface area contributed by atoms with E-state index in [9.17, 15) is 0 Å². The molecule has 0 fully saturated rings. The molecule has 0 bridgehead atoms. The zero-order valence-corrected chi connectivity index (χ0v) is 37.1. The second kappa shape index (κ2) is 15.1. The predicted octanol–water partition coefficient (Wildman–Crippen LogP) is 15.9. The van der Waals surface area contributed by atoms with E-state index >= 15 is 0 Å². The van der Waals surface area contributed by atoms with Gasteiger partial charge < -0.3 is 9.88 Å². The Morgan fingerprint density at radius 3 is 1.82 bits per heavy atom. The fourth-order valence-electron chi connectivity index (χ4n) is 10.7. The van der Waals surface area contributed by atoms with E-state index < -0.39 is 0 Å². The molecule has 4 heterocycles. The minimum absolute atomic E-state index is 0.0624. The van der Waals surface area contributed by atoms with Crippen LogP contribution in [0.15, 0.2) is 240 Å². The van der Waals surface area contributed by atoms with Crippen molar-refractivity contribution in [2.24, 2.45) is 4.99 Å². The standard InChI is InChI=1S/C62H40N4S/c1-4-15-39(16-5-1)40-27-29-44(30-28-40)59-61-52(38-56(67-61)43-19-6-2-7-20-43)63-62(64-59)66-53-35-33-45(37-51(53)50-34-31-42-18-11-13-24-49(42)60(50)66)48-25-14-26-54-58(48)57-47-23-12-10-17-41(47)32-36-55(57)65(54)46-21-8-3-9-22-46/h1-38,52H,(H,63,64). The molecule has 67 heavy (non-hydrogen) atoms. The quantitative estimate of drug-likeness (QED) is 0.187. The maximum Gasteiger partial charge on any atom is 0.209 e. The van der Waals surface area contributed by atoms with Gasteiger partial charge in [-0.2, -0.15) is 0 Å². The fourth-order valence-corrected chi connectivity index (χ4v) is 11.9. The summed E-state index contributed by atoms with van der Waals surface area (Å²) in [5.74, 6) is 0.811. The van der Waals surface area contributed by atoms with Gasteiger partial charge in [-0.15, -0.1) is 0 Å². The molecule has 0 saturated heterocycles. The first kappa shape index (κ1) is 37.9. The van der Waals surface area contributed by atoms with Crippen LogP contribution in [-0.2, 0) is 0 Å². The molecule has 2 aromatic heterocycles. The van der Waals surface area contributed by atoms with E-state index in [1.165, 1.54) is 91.8 Å². The molecule has 10 aromatic carbocycles. The van der Waals surface area contributed by atoms with Gasteiger partial charge >= 0.3 is 0 Å². The SMILES string of the molecule is C1=C(c2ccccc2)SC2=C(c3ccc(-c4ccccc4)cc3)N=C(n3c4ccc(-c5cccc6c5c5c7ccccc7ccc5n6-c5ccccc5)cc4c4ccc5ccccc5c43)NC12. The third-order valence-electron chi connectivity index (χ3n) is 13.8. The summed E-state index contributed by atoms with van der Waals surface area (Å²) in [6, 6.07) is 81.5. The number of aromatic nitrogens is 2. The molecule has 2 aliphatic heterocycles. The number of nitrogens with one attached hydrogen (secondary N) is 1. The Kier molecular flexibility index (Phi) is 8.55. The molecule has 0 spiro atoms. The van der Waals surface area contributed by atoms with Crippen LogP contribution in [0.25, 0.3) is 104 Å². The van der Waals surface area contributed by atoms with Crippen molar-refractivity contribution in [3.05, 3.63) is 247 Å². The summed E-state index contributed by atoms with van der Waals surface area (Å²) in [5, 5.41) is 13.7. The number of para-hydroxylation sites is 1. The van der Waals surface area contributed by atoms with Crippen molar-refractivity contribution in [3.8, 4) is 27.9 Å². The first-order chi connectivity index (χ1) is 33.2. The summed E-state index contributed by atoms with van der Waals surface area (Å²) < 4.78 is 4.82.